The van der Waals surface area contributed by atoms with Crippen molar-refractivity contribution in [2.75, 3.05) is 26.3 Å². The quantitative estimate of drug-likeness (QED) is 0.774. The molecule has 2 fully saturated rings. The molecule has 1 saturated carbocycles. The van der Waals surface area contributed by atoms with Gasteiger partial charge in [-0.05, 0) is 40.0 Å². The van der Waals surface area contributed by atoms with Crippen LogP contribution in [-0.2, 0) is 4.74 Å². The summed E-state index contributed by atoms with van der Waals surface area (Å²) < 4.78 is 5.41. The molecule has 3 heteroatoms. The first-order chi connectivity index (χ1) is 7.54. The Balaban J connectivity index is 1.78. The van der Waals surface area contributed by atoms with Crippen molar-refractivity contribution in [1.82, 2.24) is 10.2 Å². The Morgan fingerprint density at radius 1 is 1.12 bits per heavy atom. The maximum atomic E-state index is 5.41. The molecule has 16 heavy (non-hydrogen) atoms. The lowest BCUT2D eigenvalue weighted by atomic mass is 10.1. The molecule has 0 aromatic carbocycles. The van der Waals surface area contributed by atoms with Gasteiger partial charge in [0.2, 0.25) is 0 Å². The molecule has 2 aliphatic rings. The van der Waals surface area contributed by atoms with Crippen molar-refractivity contribution in [3.05, 3.63) is 0 Å². The summed E-state index contributed by atoms with van der Waals surface area (Å²) in [7, 11) is 0. The Labute approximate surface area is 99.5 Å². The van der Waals surface area contributed by atoms with E-state index in [9.17, 15) is 0 Å². The summed E-state index contributed by atoms with van der Waals surface area (Å²) >= 11 is 0. The Morgan fingerprint density at radius 3 is 2.44 bits per heavy atom. The normalized spacial score (nSPS) is 33.2. The molecule has 2 atom stereocenters. The summed E-state index contributed by atoms with van der Waals surface area (Å²) in [5, 5.41) is 3.73. The van der Waals surface area contributed by atoms with Gasteiger partial charge in [0.25, 0.3) is 0 Å². The van der Waals surface area contributed by atoms with E-state index in [1.165, 1.54) is 19.3 Å². The summed E-state index contributed by atoms with van der Waals surface area (Å²) in [6.07, 6.45) is 4.00. The Bertz CT molecular complexity index is 218. The number of nitrogens with zero attached hydrogens (tertiary/aromatic N) is 1. The minimum Gasteiger partial charge on any atom is -0.379 e. The third-order valence-corrected chi connectivity index (χ3v) is 3.60. The van der Waals surface area contributed by atoms with Crippen molar-refractivity contribution in [2.24, 2.45) is 0 Å². The fourth-order valence-corrected chi connectivity index (χ4v) is 2.98. The van der Waals surface area contributed by atoms with E-state index in [0.29, 0.717) is 6.04 Å². The Kier molecular flexibility index (Phi) is 3.88. The molecule has 0 spiro atoms. The lowest BCUT2D eigenvalue weighted by molar-refractivity contribution is 0.0174. The molecule has 0 aromatic rings. The highest BCUT2D eigenvalue weighted by Gasteiger charge is 2.31. The molecule has 1 saturated heterocycles. The lowest BCUT2D eigenvalue weighted by Gasteiger charge is -2.33. The maximum absolute atomic E-state index is 5.41. The standard InChI is InChI=1S/C13H26N2O/c1-13(2,3)14-11-4-5-12(10-11)15-6-8-16-9-7-15/h11-12,14H,4-10H2,1-3H3/t11-,12?/m1/s1. The van der Waals surface area contributed by atoms with E-state index in [2.05, 4.69) is 31.0 Å². The van der Waals surface area contributed by atoms with Gasteiger partial charge in [-0.15, -0.1) is 0 Å². The third kappa shape index (κ3) is 3.44. The van der Waals surface area contributed by atoms with E-state index in [4.69, 9.17) is 4.74 Å². The van der Waals surface area contributed by atoms with Gasteiger partial charge >= 0.3 is 0 Å². The monoisotopic (exact) mass is 226 g/mol. The first-order valence-corrected chi connectivity index (χ1v) is 6.64. The molecule has 1 aliphatic heterocycles. The second-order valence-corrected chi connectivity index (χ2v) is 6.21. The van der Waals surface area contributed by atoms with Crippen LogP contribution in [0.5, 0.6) is 0 Å². The second kappa shape index (κ2) is 5.03. The zero-order chi connectivity index (χ0) is 11.6. The van der Waals surface area contributed by atoms with Crippen molar-refractivity contribution in [3.8, 4) is 0 Å². The first-order valence-electron chi connectivity index (χ1n) is 6.64. The minimum atomic E-state index is 0.255. The number of rotatable bonds is 2. The van der Waals surface area contributed by atoms with Crippen LogP contribution in [0.15, 0.2) is 0 Å². The van der Waals surface area contributed by atoms with Gasteiger partial charge in [-0.3, -0.25) is 4.90 Å². The highest BCUT2D eigenvalue weighted by atomic mass is 16.5. The highest BCUT2D eigenvalue weighted by Crippen LogP contribution is 2.26. The van der Waals surface area contributed by atoms with Gasteiger partial charge in [0, 0.05) is 30.7 Å². The van der Waals surface area contributed by atoms with Crippen molar-refractivity contribution in [3.63, 3.8) is 0 Å². The average Bonchev–Trinajstić information content (AvgIpc) is 2.65. The van der Waals surface area contributed by atoms with Gasteiger partial charge < -0.3 is 10.1 Å². The molecule has 94 valence electrons. The molecule has 0 aromatic heterocycles. The molecule has 1 aliphatic carbocycles. The van der Waals surface area contributed by atoms with Gasteiger partial charge in [0.05, 0.1) is 13.2 Å². The topological polar surface area (TPSA) is 24.5 Å². The van der Waals surface area contributed by atoms with E-state index in [1.54, 1.807) is 0 Å². The number of ether oxygens (including phenoxy) is 1. The largest absolute Gasteiger partial charge is 0.379 e. The summed E-state index contributed by atoms with van der Waals surface area (Å²) in [5.74, 6) is 0. The highest BCUT2D eigenvalue weighted by molar-refractivity contribution is 4.90. The molecule has 3 nitrogen and oxygen atoms in total. The second-order valence-electron chi connectivity index (χ2n) is 6.21. The zero-order valence-corrected chi connectivity index (χ0v) is 11.0. The SMILES string of the molecule is CC(C)(C)N[C@@H]1CCC(N2CCOCC2)C1. The van der Waals surface area contributed by atoms with Crippen LogP contribution in [0.1, 0.15) is 40.0 Å². The van der Waals surface area contributed by atoms with Crippen LogP contribution >= 0.6 is 0 Å². The fourth-order valence-electron chi connectivity index (χ4n) is 2.98. The third-order valence-electron chi connectivity index (χ3n) is 3.60. The van der Waals surface area contributed by atoms with Gasteiger partial charge in [0.1, 0.15) is 0 Å². The molecular formula is C13H26N2O. The smallest absolute Gasteiger partial charge is 0.0594 e. The van der Waals surface area contributed by atoms with Crippen LogP contribution in [0.3, 0.4) is 0 Å². The van der Waals surface area contributed by atoms with Crippen molar-refractivity contribution < 1.29 is 4.74 Å². The van der Waals surface area contributed by atoms with Gasteiger partial charge in [0.15, 0.2) is 0 Å². The number of nitrogens with one attached hydrogen (secondary N) is 1. The van der Waals surface area contributed by atoms with E-state index < -0.39 is 0 Å². The fraction of sp³-hybridized carbons (Fsp3) is 1.00. The van der Waals surface area contributed by atoms with E-state index in [0.717, 1.165) is 32.3 Å². The van der Waals surface area contributed by atoms with Gasteiger partial charge in [-0.1, -0.05) is 0 Å². The molecule has 0 amide bonds. The lowest BCUT2D eigenvalue weighted by Crippen LogP contribution is -2.45. The number of morpholine rings is 1. The zero-order valence-electron chi connectivity index (χ0n) is 11.0. The Hall–Kier alpha value is -0.120. The van der Waals surface area contributed by atoms with Crippen LogP contribution in [-0.4, -0.2) is 48.8 Å². The number of hydrogen-bond donors (Lipinski definition) is 1. The number of hydrogen-bond acceptors (Lipinski definition) is 3. The summed E-state index contributed by atoms with van der Waals surface area (Å²) in [5.41, 5.74) is 0.255. The predicted octanol–water partition coefficient (Wildman–Crippen LogP) is 1.63. The summed E-state index contributed by atoms with van der Waals surface area (Å²) in [6, 6.07) is 1.51. The van der Waals surface area contributed by atoms with Crippen molar-refractivity contribution in [2.45, 2.75) is 57.7 Å². The summed E-state index contributed by atoms with van der Waals surface area (Å²) in [4.78, 5) is 2.62. The van der Waals surface area contributed by atoms with Crippen LogP contribution in [0.25, 0.3) is 0 Å². The van der Waals surface area contributed by atoms with Crippen LogP contribution in [0.2, 0.25) is 0 Å². The van der Waals surface area contributed by atoms with E-state index in [-0.39, 0.29) is 5.54 Å². The van der Waals surface area contributed by atoms with Gasteiger partial charge in [-0.25, -0.2) is 0 Å². The van der Waals surface area contributed by atoms with Crippen LogP contribution < -0.4 is 5.32 Å². The average molecular weight is 226 g/mol. The maximum Gasteiger partial charge on any atom is 0.0594 e. The van der Waals surface area contributed by atoms with Crippen LogP contribution in [0, 0.1) is 0 Å². The van der Waals surface area contributed by atoms with Crippen LogP contribution in [0.4, 0.5) is 0 Å². The van der Waals surface area contributed by atoms with E-state index in [1.807, 2.05) is 0 Å². The van der Waals surface area contributed by atoms with E-state index >= 15 is 0 Å². The van der Waals surface area contributed by atoms with Gasteiger partial charge in [-0.2, -0.15) is 0 Å². The van der Waals surface area contributed by atoms with Crippen molar-refractivity contribution in [1.29, 1.82) is 0 Å². The first kappa shape index (κ1) is 12.3. The molecule has 2 rings (SSSR count). The Morgan fingerprint density at radius 2 is 1.81 bits per heavy atom. The predicted molar refractivity (Wildman–Crippen MR) is 66.7 cm³/mol. The molecule has 1 heterocycles. The molecule has 1 N–H and O–H groups in total. The summed E-state index contributed by atoms with van der Waals surface area (Å²) in [6.45, 7) is 10.9. The molecular weight excluding hydrogens is 200 g/mol. The molecule has 0 radical (unpaired) electrons. The molecule has 0 bridgehead atoms. The minimum absolute atomic E-state index is 0.255. The van der Waals surface area contributed by atoms with Crippen molar-refractivity contribution >= 4 is 0 Å². The molecule has 1 unspecified atom stereocenters.